The highest BCUT2D eigenvalue weighted by atomic mass is 35.5. The lowest BCUT2D eigenvalue weighted by atomic mass is 10.3. The number of nitrogens with zero attached hydrogens (tertiary/aromatic N) is 2. The first-order valence-electron chi connectivity index (χ1n) is 7.52. The third-order valence-corrected chi connectivity index (χ3v) is 3.77. The Morgan fingerprint density at radius 1 is 0.800 bits per heavy atom. The zero-order valence-electron chi connectivity index (χ0n) is 13.7. The minimum atomic E-state index is 0.553. The molecular weight excluding hydrogens is 359 g/mol. The molecule has 0 spiro atoms. The molecule has 2 N–H and O–H groups in total. The van der Waals surface area contributed by atoms with E-state index in [-0.39, 0.29) is 0 Å². The number of aromatic nitrogens is 2. The number of rotatable bonds is 5. The highest BCUT2D eigenvalue weighted by Gasteiger charge is 2.05. The molecule has 0 saturated heterocycles. The van der Waals surface area contributed by atoms with Crippen molar-refractivity contribution in [1.29, 1.82) is 0 Å². The number of ether oxygens (including phenoxy) is 1. The fourth-order valence-corrected chi connectivity index (χ4v) is 2.82. The van der Waals surface area contributed by atoms with Crippen molar-refractivity contribution in [3.8, 4) is 5.75 Å². The first kappa shape index (κ1) is 17.3. The molecule has 0 aliphatic heterocycles. The van der Waals surface area contributed by atoms with Crippen LogP contribution in [0.2, 0.25) is 10.0 Å². The average Bonchev–Trinajstić information content (AvgIpc) is 2.54. The van der Waals surface area contributed by atoms with E-state index in [0.717, 1.165) is 17.1 Å². The van der Waals surface area contributed by atoms with Gasteiger partial charge < -0.3 is 15.4 Å². The van der Waals surface area contributed by atoms with Gasteiger partial charge in [0, 0.05) is 27.5 Å². The van der Waals surface area contributed by atoms with E-state index < -0.39 is 0 Å². The van der Waals surface area contributed by atoms with E-state index in [4.69, 9.17) is 27.9 Å². The SMILES string of the molecule is COc1ccc(Nc2cc(Nc3cc(Cl)cc(Cl)c3)nc(C)n2)cc1. The molecule has 0 aliphatic rings. The van der Waals surface area contributed by atoms with Crippen LogP contribution in [0.4, 0.5) is 23.0 Å². The molecule has 0 amide bonds. The molecule has 7 heteroatoms. The summed E-state index contributed by atoms with van der Waals surface area (Å²) in [6.45, 7) is 1.83. The van der Waals surface area contributed by atoms with Crippen LogP contribution in [0.15, 0.2) is 48.5 Å². The molecule has 0 radical (unpaired) electrons. The van der Waals surface area contributed by atoms with Gasteiger partial charge in [0.15, 0.2) is 0 Å². The van der Waals surface area contributed by atoms with Gasteiger partial charge in [0.2, 0.25) is 0 Å². The number of hydrogen-bond donors (Lipinski definition) is 2. The molecule has 1 heterocycles. The van der Waals surface area contributed by atoms with E-state index in [1.54, 1.807) is 25.3 Å². The Morgan fingerprint density at radius 3 is 1.92 bits per heavy atom. The quantitative estimate of drug-likeness (QED) is 0.609. The number of halogens is 2. The van der Waals surface area contributed by atoms with Crippen LogP contribution in [-0.4, -0.2) is 17.1 Å². The predicted molar refractivity (Wildman–Crippen MR) is 103 cm³/mol. The third kappa shape index (κ3) is 4.75. The molecule has 0 bridgehead atoms. The van der Waals surface area contributed by atoms with Gasteiger partial charge in [-0.3, -0.25) is 0 Å². The number of anilines is 4. The molecule has 0 saturated carbocycles. The van der Waals surface area contributed by atoms with Crippen molar-refractivity contribution >= 4 is 46.2 Å². The van der Waals surface area contributed by atoms with Gasteiger partial charge in [-0.05, 0) is 49.4 Å². The molecule has 0 aliphatic carbocycles. The molecule has 3 aromatic rings. The van der Waals surface area contributed by atoms with Crippen LogP contribution in [0.25, 0.3) is 0 Å². The zero-order valence-corrected chi connectivity index (χ0v) is 15.2. The van der Waals surface area contributed by atoms with Gasteiger partial charge in [0.05, 0.1) is 7.11 Å². The first-order chi connectivity index (χ1) is 12.0. The second-order valence-electron chi connectivity index (χ2n) is 5.32. The van der Waals surface area contributed by atoms with Gasteiger partial charge in [-0.1, -0.05) is 23.2 Å². The van der Waals surface area contributed by atoms with Gasteiger partial charge in [-0.15, -0.1) is 0 Å². The molecule has 5 nitrogen and oxygen atoms in total. The van der Waals surface area contributed by atoms with E-state index in [9.17, 15) is 0 Å². The maximum Gasteiger partial charge on any atom is 0.136 e. The Bertz CT molecular complexity index is 864. The zero-order chi connectivity index (χ0) is 17.8. The minimum Gasteiger partial charge on any atom is -0.497 e. The van der Waals surface area contributed by atoms with E-state index in [2.05, 4.69) is 20.6 Å². The fraction of sp³-hybridized carbons (Fsp3) is 0.111. The summed E-state index contributed by atoms with van der Waals surface area (Å²) in [5, 5.41) is 7.54. The van der Waals surface area contributed by atoms with Crippen molar-refractivity contribution < 1.29 is 4.74 Å². The Labute approximate surface area is 156 Å². The van der Waals surface area contributed by atoms with Crippen LogP contribution in [0.3, 0.4) is 0 Å². The summed E-state index contributed by atoms with van der Waals surface area (Å²) in [5.41, 5.74) is 1.65. The number of benzene rings is 2. The van der Waals surface area contributed by atoms with Crippen LogP contribution < -0.4 is 15.4 Å². The lowest BCUT2D eigenvalue weighted by Crippen LogP contribution is -2.01. The summed E-state index contributed by atoms with van der Waals surface area (Å²) in [6, 6.07) is 14.6. The van der Waals surface area contributed by atoms with E-state index in [0.29, 0.717) is 27.5 Å². The van der Waals surface area contributed by atoms with Crippen molar-refractivity contribution in [2.24, 2.45) is 0 Å². The highest BCUT2D eigenvalue weighted by molar-refractivity contribution is 6.35. The standard InChI is InChI=1S/C18H16Cl2N4O/c1-11-21-17(23-14-3-5-16(25-2)6-4-14)10-18(22-11)24-15-8-12(19)7-13(20)9-15/h3-10H,1-2H3,(H2,21,22,23,24). The largest absolute Gasteiger partial charge is 0.497 e. The van der Waals surface area contributed by atoms with E-state index in [1.165, 1.54) is 0 Å². The molecule has 3 rings (SSSR count). The number of hydrogen-bond acceptors (Lipinski definition) is 5. The summed E-state index contributed by atoms with van der Waals surface area (Å²) in [7, 11) is 1.64. The molecule has 128 valence electrons. The van der Waals surface area contributed by atoms with E-state index in [1.807, 2.05) is 37.3 Å². The molecule has 0 atom stereocenters. The third-order valence-electron chi connectivity index (χ3n) is 3.34. The molecule has 0 unspecified atom stereocenters. The number of nitrogens with one attached hydrogen (secondary N) is 2. The number of aryl methyl sites for hydroxylation is 1. The Morgan fingerprint density at radius 2 is 1.36 bits per heavy atom. The van der Waals surface area contributed by atoms with Gasteiger partial charge >= 0.3 is 0 Å². The van der Waals surface area contributed by atoms with Gasteiger partial charge in [-0.2, -0.15) is 0 Å². The van der Waals surface area contributed by atoms with Crippen molar-refractivity contribution in [2.75, 3.05) is 17.7 Å². The summed E-state index contributed by atoms with van der Waals surface area (Å²) >= 11 is 12.1. The smallest absolute Gasteiger partial charge is 0.136 e. The van der Waals surface area contributed by atoms with Crippen LogP contribution in [0.5, 0.6) is 5.75 Å². The Kier molecular flexibility index (Phi) is 5.26. The highest BCUT2D eigenvalue weighted by Crippen LogP contribution is 2.26. The molecule has 2 aromatic carbocycles. The normalized spacial score (nSPS) is 10.4. The van der Waals surface area contributed by atoms with Gasteiger partial charge in [-0.25, -0.2) is 9.97 Å². The lowest BCUT2D eigenvalue weighted by molar-refractivity contribution is 0.415. The first-order valence-corrected chi connectivity index (χ1v) is 8.27. The molecule has 1 aromatic heterocycles. The topological polar surface area (TPSA) is 59.1 Å². The van der Waals surface area contributed by atoms with Gasteiger partial charge in [0.1, 0.15) is 23.2 Å². The summed E-state index contributed by atoms with van der Waals surface area (Å²) in [5.74, 6) is 2.74. The maximum atomic E-state index is 6.03. The molecule has 25 heavy (non-hydrogen) atoms. The molecular formula is C18H16Cl2N4O. The second-order valence-corrected chi connectivity index (χ2v) is 6.20. The van der Waals surface area contributed by atoms with Crippen LogP contribution >= 0.6 is 23.2 Å². The Balaban J connectivity index is 1.81. The maximum absolute atomic E-state index is 6.03. The monoisotopic (exact) mass is 374 g/mol. The van der Waals surface area contributed by atoms with Crippen molar-refractivity contribution in [3.05, 3.63) is 64.4 Å². The van der Waals surface area contributed by atoms with Crippen LogP contribution in [-0.2, 0) is 0 Å². The average molecular weight is 375 g/mol. The second kappa shape index (κ2) is 7.59. The molecule has 0 fully saturated rings. The van der Waals surface area contributed by atoms with E-state index >= 15 is 0 Å². The summed E-state index contributed by atoms with van der Waals surface area (Å²) in [4.78, 5) is 8.79. The predicted octanol–water partition coefficient (Wildman–Crippen LogP) is 5.59. The fourth-order valence-electron chi connectivity index (χ4n) is 2.29. The Hall–Kier alpha value is -2.50. The lowest BCUT2D eigenvalue weighted by Gasteiger charge is -2.11. The summed E-state index contributed by atoms with van der Waals surface area (Å²) in [6.07, 6.45) is 0. The van der Waals surface area contributed by atoms with Crippen molar-refractivity contribution in [1.82, 2.24) is 9.97 Å². The van der Waals surface area contributed by atoms with Crippen LogP contribution in [0, 0.1) is 6.92 Å². The van der Waals surface area contributed by atoms with Gasteiger partial charge in [0.25, 0.3) is 0 Å². The minimum absolute atomic E-state index is 0.553. The van der Waals surface area contributed by atoms with Crippen LogP contribution in [0.1, 0.15) is 5.82 Å². The number of methoxy groups -OCH3 is 1. The summed E-state index contributed by atoms with van der Waals surface area (Å²) < 4.78 is 5.16. The van der Waals surface area contributed by atoms with Crippen molar-refractivity contribution in [3.63, 3.8) is 0 Å². The van der Waals surface area contributed by atoms with Crippen molar-refractivity contribution in [2.45, 2.75) is 6.92 Å².